The van der Waals surface area contributed by atoms with Crippen molar-refractivity contribution in [2.24, 2.45) is 0 Å². The topological polar surface area (TPSA) is 66.5 Å². The summed E-state index contributed by atoms with van der Waals surface area (Å²) in [6, 6.07) is 1.68. The molecule has 82 valence electrons. The van der Waals surface area contributed by atoms with Crippen LogP contribution in [0.5, 0.6) is 0 Å². The summed E-state index contributed by atoms with van der Waals surface area (Å²) in [7, 11) is 0. The molecule has 0 spiro atoms. The number of pyridine rings is 1. The van der Waals surface area contributed by atoms with Crippen LogP contribution in [0.2, 0.25) is 5.02 Å². The van der Waals surface area contributed by atoms with E-state index in [1.807, 2.05) is 0 Å². The first-order valence-electron chi connectivity index (χ1n) is 4.79. The Morgan fingerprint density at radius 2 is 2.19 bits per heavy atom. The number of hydrogen-bond donors (Lipinski definition) is 2. The van der Waals surface area contributed by atoms with E-state index in [4.69, 9.17) is 16.0 Å². The number of furan rings is 1. The molecular formula is C11H8ClNO3. The van der Waals surface area contributed by atoms with Gasteiger partial charge in [-0.2, -0.15) is 0 Å². The fraction of sp³-hybridized carbons (Fsp3) is 0.182. The maximum absolute atomic E-state index is 9.85. The van der Waals surface area contributed by atoms with Gasteiger partial charge in [-0.3, -0.25) is 0 Å². The summed E-state index contributed by atoms with van der Waals surface area (Å²) in [5.41, 5.74) is 1.41. The molecule has 1 aliphatic rings. The lowest BCUT2D eigenvalue weighted by molar-refractivity contribution is 0.0468. The quantitative estimate of drug-likeness (QED) is 0.735. The minimum absolute atomic E-state index is 0.379. The van der Waals surface area contributed by atoms with Crippen LogP contribution in [0.15, 0.2) is 22.8 Å². The average Bonchev–Trinajstić information content (AvgIpc) is 2.72. The normalized spacial score (nSPS) is 23.7. The molecule has 0 radical (unpaired) electrons. The molecule has 2 heterocycles. The van der Waals surface area contributed by atoms with E-state index in [2.05, 4.69) is 4.98 Å². The van der Waals surface area contributed by atoms with Crippen LogP contribution in [0, 0.1) is 0 Å². The van der Waals surface area contributed by atoms with Crippen LogP contribution in [-0.4, -0.2) is 21.3 Å². The van der Waals surface area contributed by atoms with Gasteiger partial charge < -0.3 is 14.6 Å². The molecule has 0 saturated carbocycles. The van der Waals surface area contributed by atoms with Crippen molar-refractivity contribution >= 4 is 28.8 Å². The summed E-state index contributed by atoms with van der Waals surface area (Å²) >= 11 is 6.16. The summed E-state index contributed by atoms with van der Waals surface area (Å²) in [6.45, 7) is 0. The Bertz CT molecular complexity index is 590. The van der Waals surface area contributed by atoms with Gasteiger partial charge in [0.25, 0.3) is 0 Å². The number of nitrogens with zero attached hydrogens (tertiary/aromatic N) is 1. The lowest BCUT2D eigenvalue weighted by Gasteiger charge is -2.22. The Kier molecular flexibility index (Phi) is 2.04. The molecule has 2 N–H and O–H groups in total. The van der Waals surface area contributed by atoms with Crippen molar-refractivity contribution in [2.45, 2.75) is 12.2 Å². The average molecular weight is 238 g/mol. The van der Waals surface area contributed by atoms with E-state index >= 15 is 0 Å². The molecule has 1 aliphatic carbocycles. The molecular weight excluding hydrogens is 230 g/mol. The highest BCUT2D eigenvalue weighted by Gasteiger charge is 2.27. The number of aliphatic hydroxyl groups is 2. The third kappa shape index (κ3) is 1.21. The number of fused-ring (bicyclic) bond motifs is 2. The number of aromatic nitrogens is 1. The van der Waals surface area contributed by atoms with E-state index in [-0.39, 0.29) is 0 Å². The maximum Gasteiger partial charge on any atom is 0.227 e. The molecule has 5 heteroatoms. The van der Waals surface area contributed by atoms with Crippen molar-refractivity contribution in [1.82, 2.24) is 4.98 Å². The second-order valence-corrected chi connectivity index (χ2v) is 4.04. The van der Waals surface area contributed by atoms with E-state index < -0.39 is 12.2 Å². The van der Waals surface area contributed by atoms with Gasteiger partial charge in [-0.15, -0.1) is 0 Å². The summed E-state index contributed by atoms with van der Waals surface area (Å²) < 4.78 is 5.15. The van der Waals surface area contributed by atoms with Crippen molar-refractivity contribution in [1.29, 1.82) is 0 Å². The van der Waals surface area contributed by atoms with Gasteiger partial charge in [0.2, 0.25) is 5.71 Å². The van der Waals surface area contributed by atoms with Crippen LogP contribution in [-0.2, 0) is 0 Å². The highest BCUT2D eigenvalue weighted by Crippen LogP contribution is 2.37. The smallest absolute Gasteiger partial charge is 0.227 e. The molecule has 16 heavy (non-hydrogen) atoms. The molecule has 2 atom stereocenters. The van der Waals surface area contributed by atoms with Crippen LogP contribution in [0.25, 0.3) is 17.2 Å². The first kappa shape index (κ1) is 9.84. The molecule has 0 saturated heterocycles. The first-order chi connectivity index (χ1) is 7.68. The van der Waals surface area contributed by atoms with Crippen molar-refractivity contribution in [3.05, 3.63) is 34.7 Å². The van der Waals surface area contributed by atoms with Crippen LogP contribution >= 0.6 is 11.6 Å². The molecule has 0 aromatic carbocycles. The number of rotatable bonds is 0. The molecule has 0 aliphatic heterocycles. The molecule has 2 aromatic rings. The first-order valence-corrected chi connectivity index (χ1v) is 5.17. The molecule has 2 aromatic heterocycles. The minimum Gasteiger partial charge on any atom is -0.446 e. The summed E-state index contributed by atoms with van der Waals surface area (Å²) in [5.74, 6) is 0. The van der Waals surface area contributed by atoms with Gasteiger partial charge in [0.15, 0.2) is 0 Å². The Morgan fingerprint density at radius 3 is 3.00 bits per heavy atom. The second kappa shape index (κ2) is 3.31. The van der Waals surface area contributed by atoms with E-state index in [1.54, 1.807) is 12.1 Å². The fourth-order valence-corrected chi connectivity index (χ4v) is 2.21. The third-order valence-corrected chi connectivity index (χ3v) is 3.09. The summed E-state index contributed by atoms with van der Waals surface area (Å²) in [6.07, 6.45) is 2.60. The summed E-state index contributed by atoms with van der Waals surface area (Å²) in [4.78, 5) is 4.21. The van der Waals surface area contributed by atoms with Crippen molar-refractivity contribution in [2.75, 3.05) is 0 Å². The molecule has 0 fully saturated rings. The van der Waals surface area contributed by atoms with E-state index in [1.165, 1.54) is 12.3 Å². The van der Waals surface area contributed by atoms with Crippen LogP contribution in [0.3, 0.4) is 0 Å². The fourth-order valence-electron chi connectivity index (χ4n) is 1.86. The number of aliphatic hydroxyl groups excluding tert-OH is 2. The standard InChI is InChI=1S/C11H8ClNO3/c12-9-5-3-4-16-11(5)13-6-1-2-7(14)10(15)8(6)9/h1-4,7,10,14-15H/t7-,10-/m0/s1. The Balaban J connectivity index is 2.37. The Morgan fingerprint density at radius 1 is 1.38 bits per heavy atom. The zero-order valence-corrected chi connectivity index (χ0v) is 8.85. The highest BCUT2D eigenvalue weighted by atomic mass is 35.5. The van der Waals surface area contributed by atoms with Gasteiger partial charge in [0, 0.05) is 5.56 Å². The molecule has 3 rings (SSSR count). The van der Waals surface area contributed by atoms with Crippen LogP contribution in [0.1, 0.15) is 17.4 Å². The monoisotopic (exact) mass is 237 g/mol. The van der Waals surface area contributed by atoms with Gasteiger partial charge in [0.05, 0.1) is 22.4 Å². The summed E-state index contributed by atoms with van der Waals surface area (Å²) in [5, 5.41) is 20.4. The van der Waals surface area contributed by atoms with Gasteiger partial charge in [0.1, 0.15) is 12.2 Å². The van der Waals surface area contributed by atoms with Crippen molar-refractivity contribution < 1.29 is 14.6 Å². The third-order valence-electron chi connectivity index (χ3n) is 2.69. The van der Waals surface area contributed by atoms with Crippen LogP contribution in [0.4, 0.5) is 0 Å². The Labute approximate surface area is 95.8 Å². The zero-order chi connectivity index (χ0) is 11.3. The number of halogens is 1. The van der Waals surface area contributed by atoms with Gasteiger partial charge in [-0.25, -0.2) is 4.98 Å². The SMILES string of the molecule is O[C@@H]1c2c(nc3occc3c2Cl)C=C[C@@H]1O. The largest absolute Gasteiger partial charge is 0.446 e. The second-order valence-electron chi connectivity index (χ2n) is 3.66. The Hall–Kier alpha value is -1.36. The molecule has 0 amide bonds. The highest BCUT2D eigenvalue weighted by molar-refractivity contribution is 6.36. The van der Waals surface area contributed by atoms with Crippen molar-refractivity contribution in [3.8, 4) is 0 Å². The maximum atomic E-state index is 9.85. The van der Waals surface area contributed by atoms with Gasteiger partial charge >= 0.3 is 0 Å². The van der Waals surface area contributed by atoms with Crippen LogP contribution < -0.4 is 0 Å². The van der Waals surface area contributed by atoms with Crippen molar-refractivity contribution in [3.63, 3.8) is 0 Å². The molecule has 0 unspecified atom stereocenters. The molecule has 0 bridgehead atoms. The zero-order valence-electron chi connectivity index (χ0n) is 8.09. The van der Waals surface area contributed by atoms with E-state index in [0.717, 1.165) is 0 Å². The van der Waals surface area contributed by atoms with E-state index in [9.17, 15) is 10.2 Å². The van der Waals surface area contributed by atoms with E-state index in [0.29, 0.717) is 27.4 Å². The predicted octanol–water partition coefficient (Wildman–Crippen LogP) is 1.90. The lowest BCUT2D eigenvalue weighted by atomic mass is 9.96. The minimum atomic E-state index is -1.04. The predicted molar refractivity (Wildman–Crippen MR) is 59.0 cm³/mol. The van der Waals surface area contributed by atoms with Gasteiger partial charge in [-0.1, -0.05) is 17.7 Å². The molecule has 4 nitrogen and oxygen atoms in total. The van der Waals surface area contributed by atoms with Gasteiger partial charge in [-0.05, 0) is 12.1 Å². The lowest BCUT2D eigenvalue weighted by Crippen LogP contribution is -2.20. The number of hydrogen-bond acceptors (Lipinski definition) is 4.